The summed E-state index contributed by atoms with van der Waals surface area (Å²) in [6.45, 7) is 6.38. The Hall–Kier alpha value is -1.86. The third kappa shape index (κ3) is 3.78. The Morgan fingerprint density at radius 3 is 2.43 bits per heavy atom. The highest BCUT2D eigenvalue weighted by Crippen LogP contribution is 2.53. The van der Waals surface area contributed by atoms with Gasteiger partial charge in [0.2, 0.25) is 5.79 Å². The van der Waals surface area contributed by atoms with Crippen molar-refractivity contribution in [3.63, 3.8) is 0 Å². The topological polar surface area (TPSA) is 71.9 Å². The number of benzene rings is 1. The molecule has 0 radical (unpaired) electrons. The number of ether oxygens (including phenoxy) is 2. The quantitative estimate of drug-likeness (QED) is 0.672. The first-order valence-corrected chi connectivity index (χ1v) is 10.6. The first-order valence-electron chi connectivity index (χ1n) is 9.85. The van der Waals surface area contributed by atoms with E-state index in [0.29, 0.717) is 52.8 Å². The molecule has 1 spiro atoms. The summed E-state index contributed by atoms with van der Waals surface area (Å²) < 4.78 is 11.9. The molecule has 3 heterocycles. The van der Waals surface area contributed by atoms with Crippen LogP contribution >= 0.6 is 23.2 Å². The minimum Gasteiger partial charge on any atom is -0.444 e. The highest BCUT2D eigenvalue weighted by atomic mass is 35.5. The highest BCUT2D eigenvalue weighted by Gasteiger charge is 2.56. The molecule has 1 aromatic heterocycles. The number of carbonyl (C=O) groups is 1. The lowest BCUT2D eigenvalue weighted by Crippen LogP contribution is -2.48. The van der Waals surface area contributed by atoms with Gasteiger partial charge < -0.3 is 19.5 Å². The molecule has 8 heteroatoms. The van der Waals surface area contributed by atoms with Crippen molar-refractivity contribution in [3.8, 4) is 0 Å². The zero-order valence-electron chi connectivity index (χ0n) is 17.1. The van der Waals surface area contributed by atoms with Gasteiger partial charge in [-0.15, -0.1) is 0 Å². The third-order valence-corrected chi connectivity index (χ3v) is 5.86. The molecule has 0 aliphatic carbocycles. The molecule has 1 unspecified atom stereocenters. The van der Waals surface area contributed by atoms with E-state index in [1.165, 1.54) is 0 Å². The fraction of sp³-hybridized carbons (Fsp3) is 0.455. The highest BCUT2D eigenvalue weighted by molar-refractivity contribution is 6.34. The van der Waals surface area contributed by atoms with Crippen LogP contribution < -0.4 is 0 Å². The predicted molar refractivity (Wildman–Crippen MR) is 114 cm³/mol. The van der Waals surface area contributed by atoms with Gasteiger partial charge in [-0.2, -0.15) is 0 Å². The first kappa shape index (κ1) is 21.4. The van der Waals surface area contributed by atoms with E-state index in [0.717, 1.165) is 0 Å². The number of halogens is 2. The smallest absolute Gasteiger partial charge is 0.410 e. The molecule has 1 atom stereocenters. The number of nitrogens with zero attached hydrogens (tertiary/aromatic N) is 2. The van der Waals surface area contributed by atoms with Crippen LogP contribution in [-0.4, -0.2) is 39.8 Å². The first-order chi connectivity index (χ1) is 14.0. The number of amides is 1. The molecule has 2 aliphatic heterocycles. The van der Waals surface area contributed by atoms with Crippen molar-refractivity contribution in [2.75, 3.05) is 13.1 Å². The molecule has 2 aromatic rings. The summed E-state index contributed by atoms with van der Waals surface area (Å²) in [5.74, 6) is -1.73. The van der Waals surface area contributed by atoms with Crippen LogP contribution in [0.2, 0.25) is 10.0 Å². The van der Waals surface area contributed by atoms with Crippen molar-refractivity contribution in [3.05, 3.63) is 63.4 Å². The Balaban J connectivity index is 1.65. The van der Waals surface area contributed by atoms with Crippen LogP contribution in [0.5, 0.6) is 0 Å². The fourth-order valence-corrected chi connectivity index (χ4v) is 4.63. The van der Waals surface area contributed by atoms with E-state index in [2.05, 4.69) is 4.98 Å². The lowest BCUT2D eigenvalue weighted by Gasteiger charge is -2.40. The van der Waals surface area contributed by atoms with E-state index in [-0.39, 0.29) is 6.09 Å². The Labute approximate surface area is 185 Å². The van der Waals surface area contributed by atoms with Crippen LogP contribution in [0, 0.1) is 0 Å². The number of hydrogen-bond donors (Lipinski definition) is 1. The predicted octanol–water partition coefficient (Wildman–Crippen LogP) is 4.84. The summed E-state index contributed by atoms with van der Waals surface area (Å²) in [7, 11) is 0. The van der Waals surface area contributed by atoms with Gasteiger partial charge in [0.15, 0.2) is 0 Å². The number of likely N-dealkylation sites (tertiary alicyclic amines) is 1. The fourth-order valence-electron chi connectivity index (χ4n) is 4.11. The molecule has 1 saturated heterocycles. The Kier molecular flexibility index (Phi) is 5.26. The van der Waals surface area contributed by atoms with Gasteiger partial charge in [-0.3, -0.25) is 4.98 Å². The van der Waals surface area contributed by atoms with E-state index >= 15 is 0 Å². The maximum Gasteiger partial charge on any atom is 0.410 e. The number of pyridine rings is 1. The molecule has 1 fully saturated rings. The summed E-state index contributed by atoms with van der Waals surface area (Å²) in [6, 6.07) is 8.43. The molecule has 4 rings (SSSR count). The van der Waals surface area contributed by atoms with Crippen LogP contribution in [-0.2, 0) is 20.9 Å². The van der Waals surface area contributed by atoms with Crippen LogP contribution in [0.15, 0.2) is 36.5 Å². The van der Waals surface area contributed by atoms with Crippen molar-refractivity contribution in [1.82, 2.24) is 9.88 Å². The second kappa shape index (κ2) is 7.38. The minimum atomic E-state index is -1.73. The second-order valence-corrected chi connectivity index (χ2v) is 9.64. The van der Waals surface area contributed by atoms with Crippen LogP contribution in [0.1, 0.15) is 50.4 Å². The number of carbonyl (C=O) groups excluding carboxylic acids is 1. The van der Waals surface area contributed by atoms with E-state index in [1.54, 1.807) is 41.4 Å². The largest absolute Gasteiger partial charge is 0.444 e. The molecule has 6 nitrogen and oxygen atoms in total. The van der Waals surface area contributed by atoms with Gasteiger partial charge in [0.05, 0.1) is 5.69 Å². The monoisotopic (exact) mass is 450 g/mol. The average molecular weight is 451 g/mol. The molecular formula is C22H24Cl2N2O4. The van der Waals surface area contributed by atoms with E-state index in [4.69, 9.17) is 32.7 Å². The summed E-state index contributed by atoms with van der Waals surface area (Å²) in [5.41, 5.74) is 0.303. The lowest BCUT2D eigenvalue weighted by atomic mass is 9.86. The normalized spacial score (nSPS) is 22.8. The number of fused-ring (bicyclic) bond motifs is 2. The van der Waals surface area contributed by atoms with Crippen LogP contribution in [0.3, 0.4) is 0 Å². The van der Waals surface area contributed by atoms with Gasteiger partial charge in [-0.1, -0.05) is 23.2 Å². The average Bonchev–Trinajstić information content (AvgIpc) is 2.90. The maximum absolute atomic E-state index is 12.5. The number of aliphatic hydroxyl groups is 1. The van der Waals surface area contributed by atoms with Gasteiger partial charge in [0.25, 0.3) is 0 Å². The van der Waals surface area contributed by atoms with E-state index in [1.807, 2.05) is 20.8 Å². The van der Waals surface area contributed by atoms with Crippen molar-refractivity contribution in [2.45, 2.75) is 50.6 Å². The molecule has 0 saturated carbocycles. The lowest BCUT2D eigenvalue weighted by molar-refractivity contribution is -0.244. The third-order valence-electron chi connectivity index (χ3n) is 5.42. The summed E-state index contributed by atoms with van der Waals surface area (Å²) >= 11 is 12.4. The zero-order valence-corrected chi connectivity index (χ0v) is 18.6. The van der Waals surface area contributed by atoms with Crippen molar-refractivity contribution in [2.24, 2.45) is 0 Å². The van der Waals surface area contributed by atoms with Crippen LogP contribution in [0.25, 0.3) is 0 Å². The molecule has 2 aliphatic rings. The number of rotatable bonds is 1. The standard InChI is InChI=1S/C22H24Cl2N2O4/c1-20(2,3)29-19(27)26-9-6-21(7-10-26)18-17(5-4-8-25-18)22(28,30-21)14-11-15(23)13-16(24)12-14/h4-5,8,11-13,28H,6-7,9-10H2,1-3H3. The molecule has 1 aromatic carbocycles. The van der Waals surface area contributed by atoms with E-state index in [9.17, 15) is 9.90 Å². The van der Waals surface area contributed by atoms with Gasteiger partial charge in [-0.05, 0) is 51.1 Å². The molecular weight excluding hydrogens is 427 g/mol. The maximum atomic E-state index is 12.5. The van der Waals surface area contributed by atoms with Crippen molar-refractivity contribution >= 4 is 29.3 Å². The Morgan fingerprint density at radius 1 is 1.20 bits per heavy atom. The second-order valence-electron chi connectivity index (χ2n) is 8.77. The number of piperidine rings is 1. The summed E-state index contributed by atoms with van der Waals surface area (Å²) in [4.78, 5) is 18.7. The molecule has 1 N–H and O–H groups in total. The van der Waals surface area contributed by atoms with Crippen LogP contribution in [0.4, 0.5) is 4.79 Å². The van der Waals surface area contributed by atoms with Crippen molar-refractivity contribution < 1.29 is 19.4 Å². The zero-order chi connectivity index (χ0) is 21.7. The molecule has 0 bridgehead atoms. The molecule has 160 valence electrons. The van der Waals surface area contributed by atoms with E-state index < -0.39 is 17.0 Å². The van der Waals surface area contributed by atoms with Gasteiger partial charge in [0, 0.05) is 53.3 Å². The number of aromatic nitrogens is 1. The number of hydrogen-bond acceptors (Lipinski definition) is 5. The summed E-state index contributed by atoms with van der Waals surface area (Å²) in [6.07, 6.45) is 2.29. The minimum absolute atomic E-state index is 0.353. The SMILES string of the molecule is CC(C)(C)OC(=O)N1CCC2(CC1)OC(O)(c1cc(Cl)cc(Cl)c1)c1cccnc12. The molecule has 30 heavy (non-hydrogen) atoms. The van der Waals surface area contributed by atoms with Gasteiger partial charge in [-0.25, -0.2) is 4.79 Å². The van der Waals surface area contributed by atoms with Gasteiger partial charge >= 0.3 is 6.09 Å². The van der Waals surface area contributed by atoms with Crippen molar-refractivity contribution in [1.29, 1.82) is 0 Å². The summed E-state index contributed by atoms with van der Waals surface area (Å²) in [5, 5.41) is 12.4. The van der Waals surface area contributed by atoms with Gasteiger partial charge in [0.1, 0.15) is 11.2 Å². The Morgan fingerprint density at radius 2 is 1.83 bits per heavy atom. The Bertz CT molecular complexity index is 963. The molecule has 1 amide bonds.